The third-order valence-electron chi connectivity index (χ3n) is 4.88. The van der Waals surface area contributed by atoms with E-state index in [2.05, 4.69) is 4.72 Å². The van der Waals surface area contributed by atoms with Gasteiger partial charge in [-0.25, -0.2) is 8.42 Å². The van der Waals surface area contributed by atoms with Gasteiger partial charge in [-0.15, -0.1) is 0 Å². The first kappa shape index (κ1) is 18.3. The number of rotatable bonds is 4. The Balaban J connectivity index is 1.59. The van der Waals surface area contributed by atoms with Crippen LogP contribution in [0.5, 0.6) is 0 Å². The molecule has 1 heterocycles. The maximum Gasteiger partial charge on any atom is 0.262 e. The lowest BCUT2D eigenvalue weighted by Gasteiger charge is -2.18. The first-order valence-corrected chi connectivity index (χ1v) is 10.5. The van der Waals surface area contributed by atoms with Crippen molar-refractivity contribution in [2.75, 3.05) is 16.2 Å². The van der Waals surface area contributed by atoms with Gasteiger partial charge >= 0.3 is 0 Å². The molecule has 0 fully saturated rings. The fourth-order valence-corrected chi connectivity index (χ4v) is 4.78. The summed E-state index contributed by atoms with van der Waals surface area (Å²) < 4.78 is 28.1. The molecule has 0 bridgehead atoms. The molecule has 1 aliphatic heterocycles. The molecule has 6 heteroatoms. The van der Waals surface area contributed by atoms with Gasteiger partial charge in [0, 0.05) is 23.5 Å². The monoisotopic (exact) mass is 392 g/mol. The van der Waals surface area contributed by atoms with Crippen LogP contribution in [0.15, 0.2) is 77.7 Å². The number of nitrogens with one attached hydrogen (secondary N) is 1. The molecule has 0 atom stereocenters. The molecule has 28 heavy (non-hydrogen) atoms. The van der Waals surface area contributed by atoms with Crippen molar-refractivity contribution in [1.82, 2.24) is 0 Å². The topological polar surface area (TPSA) is 66.5 Å². The number of amides is 1. The Kier molecular flexibility index (Phi) is 4.65. The molecule has 0 aromatic heterocycles. The molecule has 3 aromatic carbocycles. The summed E-state index contributed by atoms with van der Waals surface area (Å²) in [5.74, 6) is -0.0485. The number of hydrogen-bond donors (Lipinski definition) is 1. The Morgan fingerprint density at radius 3 is 2.43 bits per heavy atom. The number of aryl methyl sites for hydroxylation is 1. The van der Waals surface area contributed by atoms with Gasteiger partial charge in [-0.3, -0.25) is 9.52 Å². The lowest BCUT2D eigenvalue weighted by Crippen LogP contribution is -2.28. The highest BCUT2D eigenvalue weighted by atomic mass is 32.2. The molecule has 142 valence electrons. The Morgan fingerprint density at radius 2 is 1.68 bits per heavy atom. The first-order valence-electron chi connectivity index (χ1n) is 9.04. The molecule has 0 aliphatic carbocycles. The van der Waals surface area contributed by atoms with Crippen LogP contribution < -0.4 is 9.62 Å². The van der Waals surface area contributed by atoms with Gasteiger partial charge in [0.25, 0.3) is 15.9 Å². The molecule has 0 spiro atoms. The highest BCUT2D eigenvalue weighted by Crippen LogP contribution is 2.32. The zero-order chi connectivity index (χ0) is 19.7. The zero-order valence-electron chi connectivity index (χ0n) is 15.4. The smallest absolute Gasteiger partial charge is 0.262 e. The van der Waals surface area contributed by atoms with E-state index in [1.165, 1.54) is 0 Å². The van der Waals surface area contributed by atoms with Gasteiger partial charge in [0.15, 0.2) is 0 Å². The number of nitrogens with zero attached hydrogens (tertiary/aromatic N) is 1. The van der Waals surface area contributed by atoms with Gasteiger partial charge in [0.2, 0.25) is 0 Å². The van der Waals surface area contributed by atoms with Crippen molar-refractivity contribution in [2.24, 2.45) is 0 Å². The summed E-state index contributed by atoms with van der Waals surface area (Å²) in [6, 6.07) is 21.3. The average molecular weight is 392 g/mol. The van der Waals surface area contributed by atoms with E-state index in [9.17, 15) is 13.2 Å². The van der Waals surface area contributed by atoms with Crippen LogP contribution in [-0.2, 0) is 16.4 Å². The lowest BCUT2D eigenvalue weighted by molar-refractivity contribution is 0.0989. The van der Waals surface area contributed by atoms with Gasteiger partial charge in [0.05, 0.1) is 4.90 Å². The van der Waals surface area contributed by atoms with Crippen LogP contribution in [0.4, 0.5) is 11.4 Å². The van der Waals surface area contributed by atoms with Crippen LogP contribution in [0.2, 0.25) is 0 Å². The van der Waals surface area contributed by atoms with Crippen LogP contribution in [0, 0.1) is 6.92 Å². The summed E-state index contributed by atoms with van der Waals surface area (Å²) in [4.78, 5) is 14.8. The molecule has 0 saturated heterocycles. The minimum absolute atomic E-state index is 0.0485. The van der Waals surface area contributed by atoms with Crippen LogP contribution in [0.1, 0.15) is 21.5 Å². The highest BCUT2D eigenvalue weighted by molar-refractivity contribution is 7.92. The molecule has 4 rings (SSSR count). The second-order valence-electron chi connectivity index (χ2n) is 6.79. The Hall–Kier alpha value is -3.12. The summed E-state index contributed by atoms with van der Waals surface area (Å²) >= 11 is 0. The number of carbonyl (C=O) groups is 1. The van der Waals surface area contributed by atoms with Crippen molar-refractivity contribution in [3.8, 4) is 0 Å². The average Bonchev–Trinajstić information content (AvgIpc) is 3.11. The first-order chi connectivity index (χ1) is 13.5. The third-order valence-corrected chi connectivity index (χ3v) is 6.42. The molecule has 0 radical (unpaired) electrons. The van der Waals surface area contributed by atoms with Crippen molar-refractivity contribution in [2.45, 2.75) is 18.2 Å². The Morgan fingerprint density at radius 1 is 0.964 bits per heavy atom. The van der Waals surface area contributed by atoms with Gasteiger partial charge in [0.1, 0.15) is 0 Å². The summed E-state index contributed by atoms with van der Waals surface area (Å²) in [6.45, 7) is 2.35. The highest BCUT2D eigenvalue weighted by Gasteiger charge is 2.26. The van der Waals surface area contributed by atoms with Crippen LogP contribution in [-0.4, -0.2) is 20.9 Å². The number of hydrogen-bond acceptors (Lipinski definition) is 3. The number of sulfonamides is 1. The molecule has 1 N–H and O–H groups in total. The van der Waals surface area contributed by atoms with Crippen molar-refractivity contribution in [3.63, 3.8) is 0 Å². The summed E-state index contributed by atoms with van der Waals surface area (Å²) in [5.41, 5.74) is 3.61. The van der Waals surface area contributed by atoms with Crippen LogP contribution in [0.3, 0.4) is 0 Å². The quantitative estimate of drug-likeness (QED) is 0.730. The molecule has 1 aliphatic rings. The van der Waals surface area contributed by atoms with E-state index in [0.717, 1.165) is 11.3 Å². The number of anilines is 2. The van der Waals surface area contributed by atoms with Crippen molar-refractivity contribution < 1.29 is 13.2 Å². The van der Waals surface area contributed by atoms with Gasteiger partial charge in [-0.1, -0.05) is 36.4 Å². The van der Waals surface area contributed by atoms with Crippen molar-refractivity contribution >= 4 is 27.3 Å². The fraction of sp³-hybridized carbons (Fsp3) is 0.136. The van der Waals surface area contributed by atoms with E-state index in [-0.39, 0.29) is 10.8 Å². The standard InChI is InChI=1S/C22H20N2O3S/c1-16-7-5-6-10-21(16)28(26,27)23-19-11-12-20-18(15-19)13-14-24(20)22(25)17-8-3-2-4-9-17/h2-12,15,23H,13-14H2,1H3. The van der Waals surface area contributed by atoms with Crippen molar-refractivity contribution in [1.29, 1.82) is 0 Å². The normalized spacial score (nSPS) is 13.2. The molecular formula is C22H20N2O3S. The van der Waals surface area contributed by atoms with Gasteiger partial charge in [-0.05, 0) is 60.9 Å². The van der Waals surface area contributed by atoms with E-state index in [1.54, 1.807) is 54.3 Å². The van der Waals surface area contributed by atoms with E-state index in [1.807, 2.05) is 30.3 Å². The predicted octanol–water partition coefficient (Wildman–Crippen LogP) is 4.00. The van der Waals surface area contributed by atoms with Gasteiger partial charge < -0.3 is 4.90 Å². The van der Waals surface area contributed by atoms with Crippen LogP contribution >= 0.6 is 0 Å². The maximum absolute atomic E-state index is 12.8. The predicted molar refractivity (Wildman–Crippen MR) is 110 cm³/mol. The molecular weight excluding hydrogens is 372 g/mol. The number of benzene rings is 3. The van der Waals surface area contributed by atoms with Crippen molar-refractivity contribution in [3.05, 3.63) is 89.5 Å². The second kappa shape index (κ2) is 7.13. The molecule has 3 aromatic rings. The van der Waals surface area contributed by atoms with Gasteiger partial charge in [-0.2, -0.15) is 0 Å². The summed E-state index contributed by atoms with van der Waals surface area (Å²) in [5, 5.41) is 0. The largest absolute Gasteiger partial charge is 0.308 e. The Labute approximate surface area is 164 Å². The Bertz CT molecular complexity index is 1140. The number of fused-ring (bicyclic) bond motifs is 1. The maximum atomic E-state index is 12.8. The second-order valence-corrected chi connectivity index (χ2v) is 8.44. The molecule has 5 nitrogen and oxygen atoms in total. The number of carbonyl (C=O) groups excluding carboxylic acids is 1. The third kappa shape index (κ3) is 3.39. The minimum Gasteiger partial charge on any atom is -0.308 e. The van der Waals surface area contributed by atoms with E-state index in [0.29, 0.717) is 29.8 Å². The molecule has 0 saturated carbocycles. The summed E-state index contributed by atoms with van der Waals surface area (Å²) in [7, 11) is -3.66. The zero-order valence-corrected chi connectivity index (χ0v) is 16.2. The summed E-state index contributed by atoms with van der Waals surface area (Å²) in [6.07, 6.45) is 0.688. The van der Waals surface area contributed by atoms with E-state index < -0.39 is 10.0 Å². The minimum atomic E-state index is -3.66. The van der Waals surface area contributed by atoms with E-state index in [4.69, 9.17) is 0 Å². The fourth-order valence-electron chi connectivity index (χ4n) is 3.48. The lowest BCUT2D eigenvalue weighted by atomic mass is 10.1. The molecule has 0 unspecified atom stereocenters. The SMILES string of the molecule is Cc1ccccc1S(=O)(=O)Nc1ccc2c(c1)CCN2C(=O)c1ccccc1. The van der Waals surface area contributed by atoms with E-state index >= 15 is 0 Å². The van der Waals surface area contributed by atoms with Crippen LogP contribution in [0.25, 0.3) is 0 Å². The molecule has 1 amide bonds.